The second kappa shape index (κ2) is 7.05. The highest BCUT2D eigenvalue weighted by atomic mass is 16.2. The molecule has 1 aromatic rings. The molecule has 3 heterocycles. The van der Waals surface area contributed by atoms with Crippen molar-refractivity contribution in [3.05, 3.63) is 27.9 Å². The van der Waals surface area contributed by atoms with E-state index in [1.54, 1.807) is 0 Å². The largest absolute Gasteiger partial charge is 0.338 e. The van der Waals surface area contributed by atoms with E-state index in [1.165, 1.54) is 25.5 Å². The van der Waals surface area contributed by atoms with Crippen LogP contribution in [-0.2, 0) is 0 Å². The molecular weight excluding hydrogens is 304 g/mol. The van der Waals surface area contributed by atoms with Gasteiger partial charge in [0.15, 0.2) is 0 Å². The molecule has 132 valence electrons. The fraction of sp³-hybridized carbons (Fsp3) is 0.722. The summed E-state index contributed by atoms with van der Waals surface area (Å²) < 4.78 is 0. The van der Waals surface area contributed by atoms with Crippen LogP contribution in [0.25, 0.3) is 0 Å². The van der Waals surface area contributed by atoms with Gasteiger partial charge in [-0.3, -0.25) is 9.59 Å². The molecule has 0 radical (unpaired) electrons. The van der Waals surface area contributed by atoms with Crippen molar-refractivity contribution >= 4 is 5.91 Å². The second-order valence-corrected chi connectivity index (χ2v) is 7.56. The number of nitrogens with one attached hydrogen (secondary N) is 2. The summed E-state index contributed by atoms with van der Waals surface area (Å²) >= 11 is 0. The van der Waals surface area contributed by atoms with Crippen LogP contribution in [0.4, 0.5) is 0 Å². The number of H-pyrrole nitrogens is 1. The van der Waals surface area contributed by atoms with Gasteiger partial charge < -0.3 is 15.2 Å². The van der Waals surface area contributed by atoms with E-state index in [9.17, 15) is 9.59 Å². The first-order valence-electron chi connectivity index (χ1n) is 9.10. The Labute approximate surface area is 143 Å². The number of carbonyl (C=O) groups excluding carboxylic acids is 1. The molecule has 0 atom stereocenters. The summed E-state index contributed by atoms with van der Waals surface area (Å²) in [6, 6.07) is 0. The zero-order valence-electron chi connectivity index (χ0n) is 14.7. The number of likely N-dealkylation sites (tertiary alicyclic amines) is 1. The van der Waals surface area contributed by atoms with Gasteiger partial charge in [0.1, 0.15) is 11.4 Å². The van der Waals surface area contributed by atoms with Crippen molar-refractivity contribution in [2.24, 2.45) is 5.41 Å². The molecule has 6 heteroatoms. The summed E-state index contributed by atoms with van der Waals surface area (Å²) in [5.41, 5.74) is 0.229. The van der Waals surface area contributed by atoms with Gasteiger partial charge in [0, 0.05) is 25.2 Å². The van der Waals surface area contributed by atoms with Crippen molar-refractivity contribution in [1.29, 1.82) is 0 Å². The molecular formula is C18H28N4O2. The first kappa shape index (κ1) is 17.1. The van der Waals surface area contributed by atoms with E-state index in [-0.39, 0.29) is 22.9 Å². The van der Waals surface area contributed by atoms with Crippen molar-refractivity contribution in [3.63, 3.8) is 0 Å². The Bertz CT molecular complexity index is 647. The second-order valence-electron chi connectivity index (χ2n) is 7.56. The highest BCUT2D eigenvalue weighted by molar-refractivity contribution is 5.93. The standard InChI is InChI=1S/C18H28N4O2/c1-13(2)15-20-12-14(16(23)21-15)17(24)22-10-3-4-18(7-11-22)5-8-19-9-6-18/h12-13,19H,3-11H2,1-2H3,(H,20,21,23). The molecule has 0 saturated carbocycles. The minimum absolute atomic E-state index is 0.139. The number of amides is 1. The van der Waals surface area contributed by atoms with Crippen LogP contribution >= 0.6 is 0 Å². The van der Waals surface area contributed by atoms with Crippen molar-refractivity contribution in [1.82, 2.24) is 20.2 Å². The predicted molar refractivity (Wildman–Crippen MR) is 93.2 cm³/mol. The van der Waals surface area contributed by atoms with Crippen LogP contribution in [0.5, 0.6) is 0 Å². The third-order valence-corrected chi connectivity index (χ3v) is 5.59. The van der Waals surface area contributed by atoms with Gasteiger partial charge >= 0.3 is 0 Å². The Balaban J connectivity index is 1.72. The average molecular weight is 332 g/mol. The normalized spacial score (nSPS) is 21.0. The average Bonchev–Trinajstić information content (AvgIpc) is 2.77. The van der Waals surface area contributed by atoms with Crippen LogP contribution in [0.3, 0.4) is 0 Å². The molecule has 0 aromatic carbocycles. The summed E-state index contributed by atoms with van der Waals surface area (Å²) in [6.45, 7) is 7.56. The van der Waals surface area contributed by atoms with E-state index < -0.39 is 0 Å². The van der Waals surface area contributed by atoms with E-state index in [4.69, 9.17) is 0 Å². The highest BCUT2D eigenvalue weighted by Crippen LogP contribution is 2.39. The quantitative estimate of drug-likeness (QED) is 0.867. The number of piperidine rings is 1. The van der Waals surface area contributed by atoms with Gasteiger partial charge in [0.25, 0.3) is 11.5 Å². The predicted octanol–water partition coefficient (Wildman–Crippen LogP) is 1.89. The first-order valence-corrected chi connectivity index (χ1v) is 9.10. The summed E-state index contributed by atoms with van der Waals surface area (Å²) in [4.78, 5) is 33.9. The van der Waals surface area contributed by atoms with Gasteiger partial charge in [-0.15, -0.1) is 0 Å². The number of carbonyl (C=O) groups is 1. The Hall–Kier alpha value is -1.69. The zero-order valence-corrected chi connectivity index (χ0v) is 14.7. The third kappa shape index (κ3) is 3.53. The molecule has 3 rings (SSSR count). The molecule has 0 aliphatic carbocycles. The van der Waals surface area contributed by atoms with Crippen LogP contribution < -0.4 is 10.9 Å². The number of nitrogens with zero attached hydrogens (tertiary/aromatic N) is 2. The Morgan fingerprint density at radius 3 is 2.62 bits per heavy atom. The molecule has 1 spiro atoms. The SMILES string of the molecule is CC(C)c1ncc(C(=O)N2CCCC3(CCNCC3)CC2)c(=O)[nH]1. The first-order chi connectivity index (χ1) is 11.5. The lowest BCUT2D eigenvalue weighted by Gasteiger charge is -2.37. The minimum atomic E-state index is -0.320. The molecule has 2 saturated heterocycles. The monoisotopic (exact) mass is 332 g/mol. The summed E-state index contributed by atoms with van der Waals surface area (Å²) in [5, 5.41) is 3.42. The summed E-state index contributed by atoms with van der Waals surface area (Å²) in [5.74, 6) is 0.589. The van der Waals surface area contributed by atoms with Crippen molar-refractivity contribution in [3.8, 4) is 0 Å². The van der Waals surface area contributed by atoms with Gasteiger partial charge in [0.2, 0.25) is 0 Å². The molecule has 2 aliphatic heterocycles. The maximum absolute atomic E-state index is 12.8. The number of hydrogen-bond acceptors (Lipinski definition) is 4. The minimum Gasteiger partial charge on any atom is -0.338 e. The molecule has 2 aliphatic rings. The van der Waals surface area contributed by atoms with Gasteiger partial charge in [-0.05, 0) is 50.6 Å². The van der Waals surface area contributed by atoms with E-state index in [0.717, 1.165) is 39.0 Å². The molecule has 1 aromatic heterocycles. The van der Waals surface area contributed by atoms with Crippen molar-refractivity contribution in [2.75, 3.05) is 26.2 Å². The van der Waals surface area contributed by atoms with E-state index in [0.29, 0.717) is 11.2 Å². The van der Waals surface area contributed by atoms with E-state index in [2.05, 4.69) is 15.3 Å². The lowest BCUT2D eigenvalue weighted by atomic mass is 9.73. The molecule has 24 heavy (non-hydrogen) atoms. The van der Waals surface area contributed by atoms with Crippen LogP contribution in [0, 0.1) is 5.41 Å². The topological polar surface area (TPSA) is 78.1 Å². The van der Waals surface area contributed by atoms with Crippen LogP contribution in [0.15, 0.2) is 11.0 Å². The fourth-order valence-corrected chi connectivity index (χ4v) is 3.94. The maximum atomic E-state index is 12.8. The van der Waals surface area contributed by atoms with Crippen LogP contribution in [0.1, 0.15) is 68.1 Å². The van der Waals surface area contributed by atoms with Crippen LogP contribution in [0.2, 0.25) is 0 Å². The number of hydrogen-bond donors (Lipinski definition) is 2. The van der Waals surface area contributed by atoms with E-state index >= 15 is 0 Å². The Kier molecular flexibility index (Phi) is 5.04. The molecule has 6 nitrogen and oxygen atoms in total. The van der Waals surface area contributed by atoms with Crippen molar-refractivity contribution < 1.29 is 4.79 Å². The third-order valence-electron chi connectivity index (χ3n) is 5.59. The molecule has 2 N–H and O–H groups in total. The Morgan fingerprint density at radius 1 is 1.21 bits per heavy atom. The van der Waals surface area contributed by atoms with E-state index in [1.807, 2.05) is 18.7 Å². The zero-order chi connectivity index (χ0) is 17.2. The number of aromatic amines is 1. The van der Waals surface area contributed by atoms with Gasteiger partial charge in [-0.2, -0.15) is 0 Å². The lowest BCUT2D eigenvalue weighted by Crippen LogP contribution is -2.39. The maximum Gasteiger partial charge on any atom is 0.263 e. The van der Waals surface area contributed by atoms with Gasteiger partial charge in [-0.25, -0.2) is 4.98 Å². The van der Waals surface area contributed by atoms with Gasteiger partial charge in [0.05, 0.1) is 0 Å². The van der Waals surface area contributed by atoms with Crippen LogP contribution in [-0.4, -0.2) is 47.0 Å². The smallest absolute Gasteiger partial charge is 0.263 e. The Morgan fingerprint density at radius 2 is 1.96 bits per heavy atom. The highest BCUT2D eigenvalue weighted by Gasteiger charge is 2.35. The molecule has 2 fully saturated rings. The van der Waals surface area contributed by atoms with Gasteiger partial charge in [-0.1, -0.05) is 13.8 Å². The molecule has 1 amide bonds. The number of rotatable bonds is 2. The molecule has 0 unspecified atom stereocenters. The summed E-state index contributed by atoms with van der Waals surface area (Å²) in [6.07, 6.45) is 7.07. The molecule has 0 bridgehead atoms. The number of aromatic nitrogens is 2. The summed E-state index contributed by atoms with van der Waals surface area (Å²) in [7, 11) is 0. The fourth-order valence-electron chi connectivity index (χ4n) is 3.94. The van der Waals surface area contributed by atoms with Crippen molar-refractivity contribution in [2.45, 2.75) is 51.9 Å². The lowest BCUT2D eigenvalue weighted by molar-refractivity contribution is 0.0748.